The van der Waals surface area contributed by atoms with Crippen LogP contribution in [0.5, 0.6) is 0 Å². The van der Waals surface area contributed by atoms with Crippen LogP contribution in [0.1, 0.15) is 52.0 Å². The van der Waals surface area contributed by atoms with Crippen LogP contribution in [0.15, 0.2) is 6.07 Å². The Balaban J connectivity index is 1.86. The van der Waals surface area contributed by atoms with Gasteiger partial charge in [-0.25, -0.2) is 9.78 Å². The van der Waals surface area contributed by atoms with Gasteiger partial charge in [0.25, 0.3) is 0 Å². The van der Waals surface area contributed by atoms with Crippen molar-refractivity contribution in [3.8, 4) is 6.07 Å². The number of halogens is 2. The molecule has 0 atom stereocenters. The van der Waals surface area contributed by atoms with Gasteiger partial charge in [-0.2, -0.15) is 5.26 Å². The maximum Gasteiger partial charge on any atom is 0.407 e. The minimum absolute atomic E-state index is 0.0895. The molecule has 0 unspecified atom stereocenters. The van der Waals surface area contributed by atoms with Crippen LogP contribution in [0.2, 0.25) is 10.2 Å². The van der Waals surface area contributed by atoms with Crippen molar-refractivity contribution in [2.24, 2.45) is 0 Å². The molecule has 136 valence electrons. The fourth-order valence-electron chi connectivity index (χ4n) is 2.65. The highest BCUT2D eigenvalue weighted by atomic mass is 35.5. The number of anilines is 1. The molecule has 1 saturated carbocycles. The molecule has 25 heavy (non-hydrogen) atoms. The topological polar surface area (TPSA) is 87.0 Å². The molecule has 1 amide bonds. The minimum atomic E-state index is -0.382. The van der Waals surface area contributed by atoms with Gasteiger partial charge in [-0.3, -0.25) is 0 Å². The molecule has 2 N–H and O–H groups in total. The Kier molecular flexibility index (Phi) is 6.36. The molecule has 0 aromatic carbocycles. The van der Waals surface area contributed by atoms with Gasteiger partial charge in [-0.15, -0.1) is 0 Å². The van der Waals surface area contributed by atoms with Gasteiger partial charge >= 0.3 is 6.09 Å². The molecule has 8 heteroatoms. The van der Waals surface area contributed by atoms with E-state index in [0.717, 1.165) is 25.7 Å². The predicted molar refractivity (Wildman–Crippen MR) is 98.0 cm³/mol. The van der Waals surface area contributed by atoms with Crippen LogP contribution in [0.3, 0.4) is 0 Å². The van der Waals surface area contributed by atoms with E-state index in [1.165, 1.54) is 6.07 Å². The summed E-state index contributed by atoms with van der Waals surface area (Å²) >= 11 is 12.1. The standard InChI is InChI=1S/C17H22Cl2N4O2/c1-17(2,3)23-16(24)25-12-6-4-11(5-7-12)21-15-13(18)8-10(9-20)14(19)22-15/h8,11-12H,4-7H2,1-3H3,(H,21,22)(H,23,24). The van der Waals surface area contributed by atoms with Crippen molar-refractivity contribution in [3.63, 3.8) is 0 Å². The molecule has 1 aromatic rings. The molecule has 0 aliphatic heterocycles. The van der Waals surface area contributed by atoms with E-state index in [2.05, 4.69) is 15.6 Å². The number of nitrogens with zero attached hydrogens (tertiary/aromatic N) is 2. The molecule has 2 rings (SSSR count). The first-order valence-electron chi connectivity index (χ1n) is 8.19. The molecule has 0 saturated heterocycles. The molecule has 1 aliphatic carbocycles. The summed E-state index contributed by atoms with van der Waals surface area (Å²) in [4.78, 5) is 16.0. The lowest BCUT2D eigenvalue weighted by Crippen LogP contribution is -2.43. The summed E-state index contributed by atoms with van der Waals surface area (Å²) in [6.45, 7) is 5.73. The maximum absolute atomic E-state index is 11.8. The first-order chi connectivity index (χ1) is 11.7. The summed E-state index contributed by atoms with van der Waals surface area (Å²) in [6, 6.07) is 3.62. The number of hydrogen-bond donors (Lipinski definition) is 2. The lowest BCUT2D eigenvalue weighted by Gasteiger charge is -2.30. The molecule has 6 nitrogen and oxygen atoms in total. The fraction of sp³-hybridized carbons (Fsp3) is 0.588. The fourth-order valence-corrected chi connectivity index (χ4v) is 3.04. The maximum atomic E-state index is 11.8. The lowest BCUT2D eigenvalue weighted by molar-refractivity contribution is 0.0682. The number of aromatic nitrogens is 1. The van der Waals surface area contributed by atoms with Gasteiger partial charge in [-0.1, -0.05) is 23.2 Å². The number of carbonyl (C=O) groups is 1. The van der Waals surface area contributed by atoms with Crippen molar-refractivity contribution in [1.82, 2.24) is 10.3 Å². The molecule has 0 spiro atoms. The second-order valence-corrected chi connectivity index (χ2v) is 7.93. The zero-order valence-corrected chi connectivity index (χ0v) is 16.0. The highest BCUT2D eigenvalue weighted by molar-refractivity contribution is 6.34. The summed E-state index contributed by atoms with van der Waals surface area (Å²) in [5.74, 6) is 0.473. The molecule has 0 radical (unpaired) electrons. The third-order valence-electron chi connectivity index (χ3n) is 3.82. The Hall–Kier alpha value is -1.71. The first kappa shape index (κ1) is 19.6. The quantitative estimate of drug-likeness (QED) is 0.748. The largest absolute Gasteiger partial charge is 0.446 e. The van der Waals surface area contributed by atoms with Gasteiger partial charge in [0.1, 0.15) is 23.1 Å². The molecule has 1 heterocycles. The number of amides is 1. The Morgan fingerprint density at radius 2 is 1.96 bits per heavy atom. The second kappa shape index (κ2) is 8.11. The van der Waals surface area contributed by atoms with Crippen molar-refractivity contribution in [2.75, 3.05) is 5.32 Å². The Morgan fingerprint density at radius 3 is 2.52 bits per heavy atom. The number of nitriles is 1. The van der Waals surface area contributed by atoms with Crippen molar-refractivity contribution in [2.45, 2.75) is 64.1 Å². The summed E-state index contributed by atoms with van der Waals surface area (Å²) in [5, 5.41) is 15.5. The molecule has 1 aromatic heterocycles. The van der Waals surface area contributed by atoms with E-state index in [0.29, 0.717) is 10.8 Å². The minimum Gasteiger partial charge on any atom is -0.446 e. The predicted octanol–water partition coefficient (Wildman–Crippen LogP) is 4.51. The van der Waals surface area contributed by atoms with E-state index in [-0.39, 0.29) is 34.5 Å². The zero-order valence-electron chi connectivity index (χ0n) is 14.5. The summed E-state index contributed by atoms with van der Waals surface area (Å²) in [5.41, 5.74) is -0.0631. The third kappa shape index (κ3) is 5.94. The van der Waals surface area contributed by atoms with Gasteiger partial charge in [0, 0.05) is 11.6 Å². The van der Waals surface area contributed by atoms with Crippen LogP contribution in [-0.4, -0.2) is 28.8 Å². The van der Waals surface area contributed by atoms with Gasteiger partial charge in [0.2, 0.25) is 0 Å². The number of alkyl carbamates (subject to hydrolysis) is 1. The average molecular weight is 385 g/mol. The Morgan fingerprint density at radius 1 is 1.32 bits per heavy atom. The second-order valence-electron chi connectivity index (χ2n) is 7.17. The number of hydrogen-bond acceptors (Lipinski definition) is 5. The van der Waals surface area contributed by atoms with E-state index >= 15 is 0 Å². The summed E-state index contributed by atoms with van der Waals surface area (Å²) in [6.07, 6.45) is 2.70. The summed E-state index contributed by atoms with van der Waals surface area (Å²) < 4.78 is 5.46. The zero-order chi connectivity index (χ0) is 18.6. The number of pyridine rings is 1. The van der Waals surface area contributed by atoms with Gasteiger partial charge in [-0.05, 0) is 52.5 Å². The molecule has 0 bridgehead atoms. The highest BCUT2D eigenvalue weighted by Gasteiger charge is 2.26. The normalized spacial score (nSPS) is 20.5. The molecule has 1 fully saturated rings. The van der Waals surface area contributed by atoms with Crippen LogP contribution < -0.4 is 10.6 Å². The van der Waals surface area contributed by atoms with Crippen molar-refractivity contribution < 1.29 is 9.53 Å². The van der Waals surface area contributed by atoms with E-state index in [9.17, 15) is 4.79 Å². The van der Waals surface area contributed by atoms with Gasteiger partial charge < -0.3 is 15.4 Å². The molecular formula is C17H22Cl2N4O2. The lowest BCUT2D eigenvalue weighted by atomic mass is 9.93. The van der Waals surface area contributed by atoms with Crippen LogP contribution in [0.25, 0.3) is 0 Å². The van der Waals surface area contributed by atoms with Crippen LogP contribution >= 0.6 is 23.2 Å². The third-order valence-corrected chi connectivity index (χ3v) is 4.39. The van der Waals surface area contributed by atoms with Crippen LogP contribution in [-0.2, 0) is 4.74 Å². The Bertz CT molecular complexity index is 674. The summed E-state index contributed by atoms with van der Waals surface area (Å²) in [7, 11) is 0. The van der Waals surface area contributed by atoms with Crippen molar-refractivity contribution in [1.29, 1.82) is 5.26 Å². The van der Waals surface area contributed by atoms with E-state index in [1.54, 1.807) is 0 Å². The van der Waals surface area contributed by atoms with E-state index < -0.39 is 0 Å². The monoisotopic (exact) mass is 384 g/mol. The van der Waals surface area contributed by atoms with Gasteiger partial charge in [0.15, 0.2) is 0 Å². The first-order valence-corrected chi connectivity index (χ1v) is 8.95. The number of ether oxygens (including phenoxy) is 1. The van der Waals surface area contributed by atoms with E-state index in [1.807, 2.05) is 26.8 Å². The van der Waals surface area contributed by atoms with Crippen molar-refractivity contribution in [3.05, 3.63) is 21.8 Å². The SMILES string of the molecule is CC(C)(C)NC(=O)OC1CCC(Nc2nc(Cl)c(C#N)cc2Cl)CC1. The number of nitrogens with one attached hydrogen (secondary N) is 2. The van der Waals surface area contributed by atoms with Gasteiger partial charge in [0.05, 0.1) is 10.6 Å². The van der Waals surface area contributed by atoms with Crippen molar-refractivity contribution >= 4 is 35.1 Å². The van der Waals surface area contributed by atoms with Crippen LogP contribution in [0, 0.1) is 11.3 Å². The van der Waals surface area contributed by atoms with E-state index in [4.69, 9.17) is 33.2 Å². The van der Waals surface area contributed by atoms with Crippen LogP contribution in [0.4, 0.5) is 10.6 Å². The molecular weight excluding hydrogens is 363 g/mol. The number of rotatable bonds is 3. The highest BCUT2D eigenvalue weighted by Crippen LogP contribution is 2.29. The molecule has 1 aliphatic rings. The number of carbonyl (C=O) groups excluding carboxylic acids is 1. The Labute approximate surface area is 157 Å². The smallest absolute Gasteiger partial charge is 0.407 e. The average Bonchev–Trinajstić information content (AvgIpc) is 2.50.